The van der Waals surface area contributed by atoms with Crippen LogP contribution < -0.4 is 19.1 Å². The normalized spacial score (nSPS) is 19.6. The summed E-state index contributed by atoms with van der Waals surface area (Å²) < 4.78 is 15.7. The molecule has 4 rings (SSSR count). The maximum Gasteiger partial charge on any atom is 0.279 e. The van der Waals surface area contributed by atoms with E-state index in [9.17, 15) is 19.7 Å². The van der Waals surface area contributed by atoms with Crippen LogP contribution >= 0.6 is 0 Å². The number of carbonyl (C=O) groups is 2. The number of rotatable bonds is 6. The van der Waals surface area contributed by atoms with Crippen LogP contribution in [-0.2, 0) is 14.4 Å². The van der Waals surface area contributed by atoms with Gasteiger partial charge < -0.3 is 19.0 Å². The number of non-ortho nitro benzene ring substituents is 1. The first-order chi connectivity index (χ1) is 14.9. The van der Waals surface area contributed by atoms with E-state index in [1.807, 2.05) is 0 Å². The van der Waals surface area contributed by atoms with Crippen molar-refractivity contribution >= 4 is 28.9 Å². The van der Waals surface area contributed by atoms with Gasteiger partial charge in [-0.05, 0) is 24.3 Å². The number of hydrogen-bond donors (Lipinski definition) is 0. The number of imide groups is 1. The van der Waals surface area contributed by atoms with Crippen LogP contribution in [-0.4, -0.2) is 49.9 Å². The first kappa shape index (κ1) is 20.1. The molecule has 31 heavy (non-hydrogen) atoms. The Morgan fingerprint density at radius 1 is 0.968 bits per heavy atom. The maximum atomic E-state index is 13.3. The molecule has 0 unspecified atom stereocenters. The predicted octanol–water partition coefficient (Wildman–Crippen LogP) is 1.91. The number of methoxy groups -OCH3 is 3. The molecule has 0 aromatic heterocycles. The summed E-state index contributed by atoms with van der Waals surface area (Å²) in [5.74, 6) is -1.29. The zero-order chi connectivity index (χ0) is 22.3. The van der Waals surface area contributed by atoms with E-state index >= 15 is 0 Å². The van der Waals surface area contributed by atoms with Crippen molar-refractivity contribution in [2.75, 3.05) is 26.2 Å². The third kappa shape index (κ3) is 3.10. The van der Waals surface area contributed by atoms with E-state index in [1.54, 1.807) is 18.2 Å². The highest BCUT2D eigenvalue weighted by Gasteiger charge is 2.56. The third-order valence-electron chi connectivity index (χ3n) is 5.11. The van der Waals surface area contributed by atoms with Gasteiger partial charge in [0.1, 0.15) is 23.1 Å². The molecule has 1 saturated heterocycles. The van der Waals surface area contributed by atoms with Gasteiger partial charge >= 0.3 is 0 Å². The molecule has 0 saturated carbocycles. The quantitative estimate of drug-likeness (QED) is 0.388. The molecule has 0 spiro atoms. The molecule has 0 N–H and O–H groups in total. The lowest BCUT2D eigenvalue weighted by atomic mass is 9.94. The largest absolute Gasteiger partial charge is 0.495 e. The number of benzene rings is 2. The second-order valence-electron chi connectivity index (χ2n) is 6.68. The number of hydrogen-bond acceptors (Lipinski definition) is 9. The molecule has 11 nitrogen and oxygen atoms in total. The topological polar surface area (TPSA) is 130 Å². The molecular weight excluding hydrogens is 410 g/mol. The number of fused-ring (bicyclic) bond motifs is 1. The number of amides is 2. The molecule has 2 heterocycles. The standard InChI is InChI=1S/C20H17N3O8/c1-28-13-7-5-11(23(26)27)9-12(13)22-19(24)16-17(21-31-18(16)20(22)25)10-4-6-14(29-2)15(8-10)30-3/h4-9,16,18H,1-3H3/t16-,18+/m1/s1. The van der Waals surface area contributed by atoms with Gasteiger partial charge in [0, 0.05) is 17.7 Å². The second-order valence-corrected chi connectivity index (χ2v) is 6.68. The first-order valence-corrected chi connectivity index (χ1v) is 9.07. The Balaban J connectivity index is 1.74. The van der Waals surface area contributed by atoms with Crippen LogP contribution in [0.3, 0.4) is 0 Å². The van der Waals surface area contributed by atoms with Gasteiger partial charge in [0.15, 0.2) is 11.5 Å². The third-order valence-corrected chi connectivity index (χ3v) is 5.11. The molecular formula is C20H17N3O8. The molecule has 0 radical (unpaired) electrons. The average molecular weight is 427 g/mol. The minimum Gasteiger partial charge on any atom is -0.495 e. The maximum absolute atomic E-state index is 13.3. The highest BCUT2D eigenvalue weighted by molar-refractivity contribution is 6.33. The summed E-state index contributed by atoms with van der Waals surface area (Å²) in [6, 6.07) is 8.60. The van der Waals surface area contributed by atoms with Crippen molar-refractivity contribution in [1.82, 2.24) is 0 Å². The van der Waals surface area contributed by atoms with Crippen molar-refractivity contribution in [1.29, 1.82) is 0 Å². The Bertz CT molecular complexity index is 1130. The fraction of sp³-hybridized carbons (Fsp3) is 0.250. The predicted molar refractivity (Wildman–Crippen MR) is 107 cm³/mol. The number of anilines is 1. The van der Waals surface area contributed by atoms with Crippen LogP contribution in [0, 0.1) is 16.0 Å². The van der Waals surface area contributed by atoms with Gasteiger partial charge in [0.05, 0.1) is 26.3 Å². The Kier molecular flexibility index (Phi) is 4.93. The van der Waals surface area contributed by atoms with Gasteiger partial charge in [-0.25, -0.2) is 4.90 Å². The van der Waals surface area contributed by atoms with Crippen molar-refractivity contribution in [2.45, 2.75) is 6.10 Å². The van der Waals surface area contributed by atoms with Crippen LogP contribution in [0.4, 0.5) is 11.4 Å². The van der Waals surface area contributed by atoms with E-state index in [0.29, 0.717) is 17.1 Å². The number of ether oxygens (including phenoxy) is 3. The van der Waals surface area contributed by atoms with Crippen molar-refractivity contribution in [3.05, 3.63) is 52.1 Å². The van der Waals surface area contributed by atoms with E-state index in [0.717, 1.165) is 11.0 Å². The lowest BCUT2D eigenvalue weighted by Crippen LogP contribution is -2.33. The summed E-state index contributed by atoms with van der Waals surface area (Å²) in [6.07, 6.45) is -1.18. The van der Waals surface area contributed by atoms with E-state index in [-0.39, 0.29) is 22.8 Å². The Hall–Kier alpha value is -4.15. The highest BCUT2D eigenvalue weighted by Crippen LogP contribution is 2.41. The summed E-state index contributed by atoms with van der Waals surface area (Å²) >= 11 is 0. The minimum absolute atomic E-state index is 0.0311. The zero-order valence-electron chi connectivity index (χ0n) is 16.7. The monoisotopic (exact) mass is 427 g/mol. The van der Waals surface area contributed by atoms with E-state index in [2.05, 4.69) is 5.16 Å². The number of oxime groups is 1. The zero-order valence-corrected chi connectivity index (χ0v) is 16.7. The molecule has 160 valence electrons. The lowest BCUT2D eigenvalue weighted by molar-refractivity contribution is -0.384. The molecule has 2 aliphatic rings. The molecule has 2 amide bonds. The Morgan fingerprint density at radius 2 is 1.65 bits per heavy atom. The van der Waals surface area contributed by atoms with Crippen molar-refractivity contribution in [3.8, 4) is 17.2 Å². The van der Waals surface area contributed by atoms with Gasteiger partial charge in [-0.1, -0.05) is 5.16 Å². The summed E-state index contributed by atoms with van der Waals surface area (Å²) in [5, 5.41) is 15.1. The summed E-state index contributed by atoms with van der Waals surface area (Å²) in [4.78, 5) is 43.0. The van der Waals surface area contributed by atoms with Gasteiger partial charge in [0.25, 0.3) is 11.6 Å². The first-order valence-electron chi connectivity index (χ1n) is 9.07. The molecule has 2 aromatic carbocycles. The molecule has 0 bridgehead atoms. The molecule has 0 aliphatic carbocycles. The smallest absolute Gasteiger partial charge is 0.279 e. The van der Waals surface area contributed by atoms with Crippen molar-refractivity contribution in [2.24, 2.45) is 11.1 Å². The fourth-order valence-electron chi connectivity index (χ4n) is 3.62. The number of carbonyl (C=O) groups excluding carboxylic acids is 2. The van der Waals surface area contributed by atoms with E-state index in [4.69, 9.17) is 19.0 Å². The average Bonchev–Trinajstić information content (AvgIpc) is 3.32. The molecule has 2 aromatic rings. The number of nitro benzene ring substituents is 1. The van der Waals surface area contributed by atoms with Crippen LogP contribution in [0.1, 0.15) is 5.56 Å². The summed E-state index contributed by atoms with van der Waals surface area (Å²) in [7, 11) is 4.30. The highest BCUT2D eigenvalue weighted by atomic mass is 16.7. The van der Waals surface area contributed by atoms with E-state index < -0.39 is 28.8 Å². The molecule has 11 heteroatoms. The van der Waals surface area contributed by atoms with Gasteiger partial charge in [-0.15, -0.1) is 0 Å². The minimum atomic E-state index is -1.18. The van der Waals surface area contributed by atoms with Gasteiger partial charge in [-0.2, -0.15) is 0 Å². The molecule has 2 atom stereocenters. The Morgan fingerprint density at radius 3 is 2.29 bits per heavy atom. The number of nitro groups is 1. The van der Waals surface area contributed by atoms with E-state index in [1.165, 1.54) is 33.5 Å². The fourth-order valence-corrected chi connectivity index (χ4v) is 3.62. The SMILES string of the molecule is COc1ccc(C2=NO[C@@H]3C(=O)N(c4cc([N+](=O)[O-])ccc4OC)C(=O)[C@H]23)cc1OC. The Labute approximate surface area is 175 Å². The van der Waals surface area contributed by atoms with Crippen molar-refractivity contribution < 1.29 is 33.6 Å². The van der Waals surface area contributed by atoms with Crippen LogP contribution in [0.25, 0.3) is 0 Å². The lowest BCUT2D eigenvalue weighted by Gasteiger charge is -2.18. The summed E-state index contributed by atoms with van der Waals surface area (Å²) in [5.41, 5.74) is 0.440. The van der Waals surface area contributed by atoms with Gasteiger partial charge in [-0.3, -0.25) is 19.7 Å². The summed E-state index contributed by atoms with van der Waals surface area (Å²) in [6.45, 7) is 0. The van der Waals surface area contributed by atoms with Crippen molar-refractivity contribution in [3.63, 3.8) is 0 Å². The van der Waals surface area contributed by atoms with Gasteiger partial charge in [0.2, 0.25) is 12.0 Å². The van der Waals surface area contributed by atoms with Crippen LogP contribution in [0.2, 0.25) is 0 Å². The van der Waals surface area contributed by atoms with Crippen LogP contribution in [0.5, 0.6) is 17.2 Å². The number of nitrogens with zero attached hydrogens (tertiary/aromatic N) is 3. The van der Waals surface area contributed by atoms with Crippen LogP contribution in [0.15, 0.2) is 41.6 Å². The molecule has 1 fully saturated rings. The molecule has 2 aliphatic heterocycles. The second kappa shape index (κ2) is 7.59.